The van der Waals surface area contributed by atoms with Crippen LogP contribution >= 0.6 is 34.8 Å². The summed E-state index contributed by atoms with van der Waals surface area (Å²) in [4.78, 5) is 28.4. The summed E-state index contributed by atoms with van der Waals surface area (Å²) in [7, 11) is -4.25. The summed E-state index contributed by atoms with van der Waals surface area (Å²) in [6.45, 7) is -0.343. The van der Waals surface area contributed by atoms with Crippen molar-refractivity contribution in [2.45, 2.75) is 17.4 Å². The van der Waals surface area contributed by atoms with Crippen molar-refractivity contribution in [1.82, 2.24) is 4.98 Å². The Labute approximate surface area is 221 Å². The largest absolute Gasteiger partial charge is 0.479 e. The topological polar surface area (TPSA) is 137 Å². The number of benzene rings is 2. The van der Waals surface area contributed by atoms with Gasteiger partial charge in [-0.1, -0.05) is 46.9 Å². The van der Waals surface area contributed by atoms with Crippen molar-refractivity contribution < 1.29 is 28.2 Å². The van der Waals surface area contributed by atoms with E-state index in [-0.39, 0.29) is 55.6 Å². The van der Waals surface area contributed by atoms with Crippen LogP contribution in [0.2, 0.25) is 15.1 Å². The predicted molar refractivity (Wildman–Crippen MR) is 135 cm³/mol. The number of carboxylic acid groups (broad SMARTS) is 1. The number of aliphatic hydroxyl groups is 1. The SMILES string of the molecule is O=C(Nc1cnc2c(c1)N(S(=O)(=O)c1cccc(Cl)c1)C[C@H](C(O)C(=O)O)C2)c1c(Cl)cccc1Cl. The zero-order valence-corrected chi connectivity index (χ0v) is 21.3. The highest BCUT2D eigenvalue weighted by atomic mass is 35.5. The first-order valence-corrected chi connectivity index (χ1v) is 13.0. The van der Waals surface area contributed by atoms with Gasteiger partial charge >= 0.3 is 5.97 Å². The summed E-state index contributed by atoms with van der Waals surface area (Å²) in [6, 6.07) is 11.6. The molecule has 0 saturated heterocycles. The highest BCUT2D eigenvalue weighted by molar-refractivity contribution is 7.92. The standard InChI is InChI=1S/C23H18Cl3N3O6S/c24-13-3-1-4-15(8-13)36(34,35)29-11-12(21(30)23(32)33)7-18-19(29)9-14(10-27-18)28-22(31)20-16(25)5-2-6-17(20)26/h1-6,8-10,12,21,30H,7,11H2,(H,28,31)(H,32,33)/t12-,21?/m1/s1. The molecule has 0 bridgehead atoms. The number of rotatable bonds is 6. The van der Waals surface area contributed by atoms with Crippen LogP contribution in [-0.4, -0.2) is 48.1 Å². The van der Waals surface area contributed by atoms with Gasteiger partial charge in [-0.15, -0.1) is 0 Å². The summed E-state index contributed by atoms with van der Waals surface area (Å²) in [5.74, 6) is -3.09. The Morgan fingerprint density at radius 3 is 2.39 bits per heavy atom. The molecule has 2 atom stereocenters. The summed E-state index contributed by atoms with van der Waals surface area (Å²) in [5.41, 5.74) is 0.530. The minimum Gasteiger partial charge on any atom is -0.479 e. The molecule has 9 nitrogen and oxygen atoms in total. The number of fused-ring (bicyclic) bond motifs is 1. The predicted octanol–water partition coefficient (Wildman–Crippen LogP) is 4.11. The number of hydrogen-bond donors (Lipinski definition) is 3. The number of aliphatic carboxylic acids is 1. The molecule has 2 heterocycles. The van der Waals surface area contributed by atoms with Crippen molar-refractivity contribution in [2.75, 3.05) is 16.2 Å². The Hall–Kier alpha value is -2.89. The Bertz CT molecular complexity index is 1450. The average molecular weight is 571 g/mol. The van der Waals surface area contributed by atoms with Crippen molar-refractivity contribution in [2.24, 2.45) is 5.92 Å². The van der Waals surface area contributed by atoms with Gasteiger partial charge < -0.3 is 15.5 Å². The molecular weight excluding hydrogens is 553 g/mol. The van der Waals surface area contributed by atoms with Crippen LogP contribution in [0.15, 0.2) is 59.6 Å². The lowest BCUT2D eigenvalue weighted by Crippen LogP contribution is -2.46. The number of amides is 1. The van der Waals surface area contributed by atoms with E-state index in [1.165, 1.54) is 48.7 Å². The number of aromatic nitrogens is 1. The third kappa shape index (κ3) is 5.14. The third-order valence-electron chi connectivity index (χ3n) is 5.60. The van der Waals surface area contributed by atoms with E-state index in [1.54, 1.807) is 6.07 Å². The number of carbonyl (C=O) groups is 2. The quantitative estimate of drug-likeness (QED) is 0.406. The molecule has 1 aliphatic rings. The molecule has 13 heteroatoms. The van der Waals surface area contributed by atoms with Gasteiger partial charge in [-0.3, -0.25) is 14.1 Å². The highest BCUT2D eigenvalue weighted by Gasteiger charge is 2.39. The van der Waals surface area contributed by atoms with Gasteiger partial charge in [0.05, 0.1) is 43.8 Å². The van der Waals surface area contributed by atoms with Gasteiger partial charge in [-0.05, 0) is 42.8 Å². The van der Waals surface area contributed by atoms with Gasteiger partial charge in [0.1, 0.15) is 0 Å². The molecular formula is C23H18Cl3N3O6S. The maximum Gasteiger partial charge on any atom is 0.332 e. The Morgan fingerprint density at radius 1 is 1.08 bits per heavy atom. The molecule has 4 rings (SSSR count). The Balaban J connectivity index is 1.76. The monoisotopic (exact) mass is 569 g/mol. The van der Waals surface area contributed by atoms with E-state index in [0.29, 0.717) is 0 Å². The zero-order chi connectivity index (χ0) is 26.2. The van der Waals surface area contributed by atoms with Crippen LogP contribution in [0.5, 0.6) is 0 Å². The number of sulfonamides is 1. The van der Waals surface area contributed by atoms with Crippen LogP contribution in [0.3, 0.4) is 0 Å². The molecule has 1 aliphatic heterocycles. The van der Waals surface area contributed by atoms with Crippen LogP contribution in [0.1, 0.15) is 16.1 Å². The molecule has 0 fully saturated rings. The van der Waals surface area contributed by atoms with Crippen LogP contribution in [0.25, 0.3) is 0 Å². The van der Waals surface area contributed by atoms with Crippen molar-refractivity contribution in [3.05, 3.63) is 81.1 Å². The van der Waals surface area contributed by atoms with E-state index in [1.807, 2.05) is 0 Å². The van der Waals surface area contributed by atoms with Crippen molar-refractivity contribution in [3.8, 4) is 0 Å². The first-order chi connectivity index (χ1) is 17.0. The van der Waals surface area contributed by atoms with Gasteiger partial charge in [0.2, 0.25) is 0 Å². The zero-order valence-electron chi connectivity index (χ0n) is 18.2. The molecule has 188 valence electrons. The number of pyridine rings is 1. The third-order valence-corrected chi connectivity index (χ3v) is 8.24. The average Bonchev–Trinajstić information content (AvgIpc) is 2.82. The number of hydrogen-bond acceptors (Lipinski definition) is 6. The van der Waals surface area contributed by atoms with Crippen LogP contribution in [0, 0.1) is 5.92 Å². The summed E-state index contributed by atoms with van der Waals surface area (Å²) in [5, 5.41) is 22.5. The number of aliphatic hydroxyl groups excluding tert-OH is 1. The van der Waals surface area contributed by atoms with E-state index in [4.69, 9.17) is 34.8 Å². The molecule has 0 radical (unpaired) electrons. The first kappa shape index (κ1) is 26.2. The second-order valence-electron chi connectivity index (χ2n) is 7.98. The maximum absolute atomic E-state index is 13.6. The van der Waals surface area contributed by atoms with E-state index < -0.39 is 33.9 Å². The lowest BCUT2D eigenvalue weighted by Gasteiger charge is -2.35. The molecule has 1 unspecified atom stereocenters. The molecule has 36 heavy (non-hydrogen) atoms. The van der Waals surface area contributed by atoms with Gasteiger partial charge in [-0.2, -0.15) is 0 Å². The van der Waals surface area contributed by atoms with Gasteiger partial charge in [0.25, 0.3) is 15.9 Å². The Kier molecular flexibility index (Phi) is 7.44. The molecule has 0 spiro atoms. The van der Waals surface area contributed by atoms with Crippen LogP contribution < -0.4 is 9.62 Å². The molecule has 0 saturated carbocycles. The molecule has 0 aliphatic carbocycles. The van der Waals surface area contributed by atoms with Crippen molar-refractivity contribution >= 4 is 68.1 Å². The molecule has 2 aromatic carbocycles. The summed E-state index contributed by atoms with van der Waals surface area (Å²) in [6.07, 6.45) is -0.533. The van der Waals surface area contributed by atoms with Crippen molar-refractivity contribution in [1.29, 1.82) is 0 Å². The fourth-order valence-electron chi connectivity index (χ4n) is 3.85. The van der Waals surface area contributed by atoms with E-state index in [9.17, 15) is 28.2 Å². The number of anilines is 2. The maximum atomic E-state index is 13.6. The van der Waals surface area contributed by atoms with Crippen molar-refractivity contribution in [3.63, 3.8) is 0 Å². The summed E-state index contributed by atoms with van der Waals surface area (Å²) >= 11 is 18.2. The van der Waals surface area contributed by atoms with Crippen LogP contribution in [-0.2, 0) is 21.2 Å². The smallest absolute Gasteiger partial charge is 0.332 e. The number of halogens is 3. The number of nitrogens with zero attached hydrogens (tertiary/aromatic N) is 2. The minimum atomic E-state index is -4.25. The number of carboxylic acids is 1. The minimum absolute atomic E-state index is 0.00503. The van der Waals surface area contributed by atoms with Gasteiger partial charge in [0, 0.05) is 17.5 Å². The van der Waals surface area contributed by atoms with E-state index in [2.05, 4.69) is 10.3 Å². The van der Waals surface area contributed by atoms with Gasteiger partial charge in [-0.25, -0.2) is 13.2 Å². The first-order valence-electron chi connectivity index (χ1n) is 10.4. The normalized spacial score (nSPS) is 16.2. The number of carbonyl (C=O) groups excluding carboxylic acids is 1. The second-order valence-corrected chi connectivity index (χ2v) is 11.1. The van der Waals surface area contributed by atoms with E-state index in [0.717, 1.165) is 4.31 Å². The molecule has 1 aromatic heterocycles. The lowest BCUT2D eigenvalue weighted by molar-refractivity contribution is -0.149. The van der Waals surface area contributed by atoms with E-state index >= 15 is 0 Å². The molecule has 1 amide bonds. The van der Waals surface area contributed by atoms with Gasteiger partial charge in [0.15, 0.2) is 6.10 Å². The number of nitrogens with one attached hydrogen (secondary N) is 1. The lowest BCUT2D eigenvalue weighted by atomic mass is 9.92. The van der Waals surface area contributed by atoms with Crippen LogP contribution in [0.4, 0.5) is 11.4 Å². The Morgan fingerprint density at radius 2 is 1.75 bits per heavy atom. The molecule has 3 N–H and O–H groups in total. The summed E-state index contributed by atoms with van der Waals surface area (Å²) < 4.78 is 28.1. The fraction of sp³-hybridized carbons (Fsp3) is 0.174. The second kappa shape index (κ2) is 10.2. The molecule has 3 aromatic rings. The fourth-order valence-corrected chi connectivity index (χ4v) is 6.26. The highest BCUT2D eigenvalue weighted by Crippen LogP contribution is 2.36.